The monoisotopic (exact) mass is 241 g/mol. The maximum atomic E-state index is 6.00. The third kappa shape index (κ3) is 7.77. The molecule has 0 aliphatic heterocycles. The normalized spacial score (nSPS) is 17.6. The van der Waals surface area contributed by atoms with Crippen molar-refractivity contribution >= 4 is 0 Å². The zero-order valence-corrected chi connectivity index (χ0v) is 12.0. The number of rotatable bonds is 11. The van der Waals surface area contributed by atoms with Crippen molar-refractivity contribution < 1.29 is 4.74 Å². The molecule has 1 unspecified atom stereocenters. The summed E-state index contributed by atoms with van der Waals surface area (Å²) in [5, 5.41) is 3.57. The van der Waals surface area contributed by atoms with Crippen molar-refractivity contribution in [1.82, 2.24) is 5.32 Å². The minimum absolute atomic E-state index is 0.404. The second-order valence-corrected chi connectivity index (χ2v) is 5.75. The molecule has 0 spiro atoms. The van der Waals surface area contributed by atoms with Crippen LogP contribution in [0.25, 0.3) is 0 Å². The Morgan fingerprint density at radius 2 is 1.82 bits per heavy atom. The van der Waals surface area contributed by atoms with E-state index in [1.807, 2.05) is 0 Å². The highest BCUT2D eigenvalue weighted by atomic mass is 16.5. The third-order valence-corrected chi connectivity index (χ3v) is 3.51. The van der Waals surface area contributed by atoms with Gasteiger partial charge in [-0.2, -0.15) is 0 Å². The van der Waals surface area contributed by atoms with Crippen molar-refractivity contribution in [3.05, 3.63) is 0 Å². The molecule has 2 nitrogen and oxygen atoms in total. The average Bonchev–Trinajstić information content (AvgIpc) is 3.10. The second kappa shape index (κ2) is 8.93. The first-order valence-electron chi connectivity index (χ1n) is 7.59. The number of hydrogen-bond donors (Lipinski definition) is 1. The van der Waals surface area contributed by atoms with Crippen LogP contribution in [0.1, 0.15) is 65.7 Å². The average molecular weight is 241 g/mol. The maximum absolute atomic E-state index is 6.00. The van der Waals surface area contributed by atoms with Crippen LogP contribution in [0.5, 0.6) is 0 Å². The van der Waals surface area contributed by atoms with Gasteiger partial charge >= 0.3 is 0 Å². The molecule has 0 amide bonds. The molecule has 1 aliphatic rings. The van der Waals surface area contributed by atoms with Crippen molar-refractivity contribution in [2.75, 3.05) is 13.2 Å². The SMILES string of the molecule is CCCCCCCOC(CNC1CC1)C(C)C. The van der Waals surface area contributed by atoms with Crippen LogP contribution >= 0.6 is 0 Å². The Hall–Kier alpha value is -0.0800. The van der Waals surface area contributed by atoms with E-state index in [-0.39, 0.29) is 0 Å². The fraction of sp³-hybridized carbons (Fsp3) is 1.00. The molecule has 1 saturated carbocycles. The van der Waals surface area contributed by atoms with Crippen LogP contribution in [-0.2, 0) is 4.74 Å². The molecule has 1 fully saturated rings. The molecule has 0 radical (unpaired) electrons. The van der Waals surface area contributed by atoms with Crippen LogP contribution < -0.4 is 5.32 Å². The van der Waals surface area contributed by atoms with Gasteiger partial charge in [-0.3, -0.25) is 0 Å². The molecular weight excluding hydrogens is 210 g/mol. The van der Waals surface area contributed by atoms with Crippen molar-refractivity contribution in [3.63, 3.8) is 0 Å². The van der Waals surface area contributed by atoms with E-state index in [1.54, 1.807) is 0 Å². The highest BCUT2D eigenvalue weighted by Crippen LogP contribution is 2.19. The van der Waals surface area contributed by atoms with Gasteiger partial charge in [0.05, 0.1) is 6.10 Å². The van der Waals surface area contributed by atoms with Crippen LogP contribution in [0.2, 0.25) is 0 Å². The van der Waals surface area contributed by atoms with E-state index in [9.17, 15) is 0 Å². The lowest BCUT2D eigenvalue weighted by atomic mass is 10.1. The third-order valence-electron chi connectivity index (χ3n) is 3.51. The molecule has 0 aromatic carbocycles. The summed E-state index contributed by atoms with van der Waals surface area (Å²) in [5.41, 5.74) is 0. The number of ether oxygens (including phenoxy) is 1. The Labute approximate surface area is 108 Å². The minimum atomic E-state index is 0.404. The fourth-order valence-electron chi connectivity index (χ4n) is 2.00. The smallest absolute Gasteiger partial charge is 0.0722 e. The van der Waals surface area contributed by atoms with Crippen LogP contribution in [-0.4, -0.2) is 25.3 Å². The molecule has 102 valence electrons. The van der Waals surface area contributed by atoms with Gasteiger partial charge in [-0.15, -0.1) is 0 Å². The molecule has 1 N–H and O–H groups in total. The predicted molar refractivity (Wildman–Crippen MR) is 74.4 cm³/mol. The molecule has 1 aliphatic carbocycles. The van der Waals surface area contributed by atoms with Gasteiger partial charge in [-0.05, 0) is 25.2 Å². The summed E-state index contributed by atoms with van der Waals surface area (Å²) in [7, 11) is 0. The Bertz CT molecular complexity index is 178. The largest absolute Gasteiger partial charge is 0.377 e. The molecule has 1 atom stereocenters. The van der Waals surface area contributed by atoms with Crippen LogP contribution in [0, 0.1) is 5.92 Å². The number of nitrogens with one attached hydrogen (secondary N) is 1. The number of hydrogen-bond acceptors (Lipinski definition) is 2. The minimum Gasteiger partial charge on any atom is -0.377 e. The van der Waals surface area contributed by atoms with Gasteiger partial charge in [0.1, 0.15) is 0 Å². The molecule has 0 aromatic heterocycles. The first kappa shape index (κ1) is 15.0. The lowest BCUT2D eigenvalue weighted by Gasteiger charge is -2.22. The Kier molecular flexibility index (Phi) is 7.87. The summed E-state index contributed by atoms with van der Waals surface area (Å²) in [4.78, 5) is 0. The zero-order chi connectivity index (χ0) is 12.5. The van der Waals surface area contributed by atoms with E-state index < -0.39 is 0 Å². The zero-order valence-electron chi connectivity index (χ0n) is 12.0. The summed E-state index contributed by atoms with van der Waals surface area (Å²) in [6, 6.07) is 0.796. The second-order valence-electron chi connectivity index (χ2n) is 5.75. The van der Waals surface area contributed by atoms with Crippen LogP contribution in [0.3, 0.4) is 0 Å². The lowest BCUT2D eigenvalue weighted by Crippen LogP contribution is -2.34. The topological polar surface area (TPSA) is 21.3 Å². The van der Waals surface area contributed by atoms with Gasteiger partial charge in [-0.25, -0.2) is 0 Å². The van der Waals surface area contributed by atoms with Gasteiger partial charge in [-0.1, -0.05) is 46.5 Å². The standard InChI is InChI=1S/C15H31NO/c1-4-5-6-7-8-11-17-15(13(2)3)12-16-14-9-10-14/h13-16H,4-12H2,1-3H3. The van der Waals surface area contributed by atoms with Crippen molar-refractivity contribution in [2.45, 2.75) is 77.9 Å². The number of unbranched alkanes of at least 4 members (excludes halogenated alkanes) is 4. The predicted octanol–water partition coefficient (Wildman–Crippen LogP) is 3.75. The summed E-state index contributed by atoms with van der Waals surface area (Å²) in [6.45, 7) is 8.76. The van der Waals surface area contributed by atoms with Gasteiger partial charge in [0.15, 0.2) is 0 Å². The first-order chi connectivity index (χ1) is 8.24. The van der Waals surface area contributed by atoms with Crippen LogP contribution in [0.15, 0.2) is 0 Å². The van der Waals surface area contributed by atoms with E-state index in [4.69, 9.17) is 4.74 Å². The van der Waals surface area contributed by atoms with E-state index in [1.165, 1.54) is 44.9 Å². The molecule has 2 heteroatoms. The van der Waals surface area contributed by atoms with Gasteiger partial charge in [0, 0.05) is 19.2 Å². The van der Waals surface area contributed by atoms with E-state index in [0.717, 1.165) is 19.2 Å². The molecule has 0 aromatic rings. The van der Waals surface area contributed by atoms with E-state index in [2.05, 4.69) is 26.1 Å². The summed E-state index contributed by atoms with van der Waals surface area (Å²) < 4.78 is 6.00. The van der Waals surface area contributed by atoms with Crippen molar-refractivity contribution in [2.24, 2.45) is 5.92 Å². The summed E-state index contributed by atoms with van der Waals surface area (Å²) >= 11 is 0. The Balaban J connectivity index is 1.98. The molecule has 1 rings (SSSR count). The molecule has 0 heterocycles. The summed E-state index contributed by atoms with van der Waals surface area (Å²) in [5.74, 6) is 0.622. The Morgan fingerprint density at radius 1 is 1.12 bits per heavy atom. The molecule has 0 bridgehead atoms. The Morgan fingerprint density at radius 3 is 2.41 bits per heavy atom. The van der Waals surface area contributed by atoms with Gasteiger partial charge in [0.25, 0.3) is 0 Å². The maximum Gasteiger partial charge on any atom is 0.0722 e. The van der Waals surface area contributed by atoms with Gasteiger partial charge in [0.2, 0.25) is 0 Å². The van der Waals surface area contributed by atoms with E-state index in [0.29, 0.717) is 12.0 Å². The molecule has 17 heavy (non-hydrogen) atoms. The van der Waals surface area contributed by atoms with E-state index >= 15 is 0 Å². The van der Waals surface area contributed by atoms with Crippen molar-refractivity contribution in [1.29, 1.82) is 0 Å². The van der Waals surface area contributed by atoms with Crippen molar-refractivity contribution in [3.8, 4) is 0 Å². The van der Waals surface area contributed by atoms with Gasteiger partial charge < -0.3 is 10.1 Å². The lowest BCUT2D eigenvalue weighted by molar-refractivity contribution is 0.0205. The first-order valence-corrected chi connectivity index (χ1v) is 7.59. The fourth-order valence-corrected chi connectivity index (χ4v) is 2.00. The molecular formula is C15H31NO. The molecule has 0 saturated heterocycles. The quantitative estimate of drug-likeness (QED) is 0.556. The highest BCUT2D eigenvalue weighted by Gasteiger charge is 2.23. The summed E-state index contributed by atoms with van der Waals surface area (Å²) in [6.07, 6.45) is 9.75. The highest BCUT2D eigenvalue weighted by molar-refractivity contribution is 4.82. The van der Waals surface area contributed by atoms with Crippen LogP contribution in [0.4, 0.5) is 0 Å².